The number of hydrogen-bond acceptors (Lipinski definition) is 4. The van der Waals surface area contributed by atoms with Crippen molar-refractivity contribution >= 4 is 23.6 Å². The van der Waals surface area contributed by atoms with Crippen molar-refractivity contribution in [2.45, 2.75) is 42.5 Å². The van der Waals surface area contributed by atoms with Gasteiger partial charge in [0.25, 0.3) is 0 Å². The molecule has 1 saturated carbocycles. The van der Waals surface area contributed by atoms with Crippen molar-refractivity contribution < 1.29 is 19.4 Å². The van der Waals surface area contributed by atoms with Crippen LogP contribution in [0, 0.1) is 0 Å². The molecule has 5 nitrogen and oxygen atoms in total. The molecule has 1 amide bonds. The smallest absolute Gasteiger partial charge is 0.329 e. The molecule has 0 unspecified atom stereocenters. The molecule has 0 radical (unpaired) electrons. The average molecular weight is 323 g/mol. The minimum absolute atomic E-state index is 0.210. The largest absolute Gasteiger partial charge is 0.497 e. The second-order valence-corrected chi connectivity index (χ2v) is 6.51. The summed E-state index contributed by atoms with van der Waals surface area (Å²) in [4.78, 5) is 24.6. The Bertz CT molecular complexity index is 523. The fraction of sp³-hybridized carbons (Fsp3) is 0.500. The molecule has 0 saturated heterocycles. The number of carboxylic acid groups (broad SMARTS) is 1. The van der Waals surface area contributed by atoms with Crippen LogP contribution in [0.5, 0.6) is 5.75 Å². The van der Waals surface area contributed by atoms with Gasteiger partial charge < -0.3 is 15.2 Å². The normalized spacial score (nSPS) is 16.8. The van der Waals surface area contributed by atoms with Gasteiger partial charge in [-0.3, -0.25) is 4.79 Å². The molecule has 1 aromatic carbocycles. The van der Waals surface area contributed by atoms with Crippen LogP contribution in [0.2, 0.25) is 0 Å². The molecule has 0 aliphatic heterocycles. The van der Waals surface area contributed by atoms with Gasteiger partial charge in [-0.1, -0.05) is 19.3 Å². The number of hydrogen-bond donors (Lipinski definition) is 2. The quantitative estimate of drug-likeness (QED) is 0.787. The van der Waals surface area contributed by atoms with Crippen molar-refractivity contribution in [3.05, 3.63) is 24.3 Å². The van der Waals surface area contributed by atoms with E-state index in [-0.39, 0.29) is 11.7 Å². The summed E-state index contributed by atoms with van der Waals surface area (Å²) < 4.78 is 5.08. The maximum atomic E-state index is 12.1. The van der Waals surface area contributed by atoms with Crippen molar-refractivity contribution in [1.29, 1.82) is 0 Å². The fourth-order valence-corrected chi connectivity index (χ4v) is 3.37. The second kappa shape index (κ2) is 7.54. The molecule has 1 aliphatic rings. The molecule has 0 aromatic heterocycles. The van der Waals surface area contributed by atoms with Crippen LogP contribution in [0.1, 0.15) is 32.1 Å². The number of aliphatic carboxylic acids is 1. The predicted molar refractivity (Wildman–Crippen MR) is 85.3 cm³/mol. The van der Waals surface area contributed by atoms with E-state index in [0.29, 0.717) is 12.8 Å². The van der Waals surface area contributed by atoms with Crippen LogP contribution in [0.4, 0.5) is 0 Å². The summed E-state index contributed by atoms with van der Waals surface area (Å²) in [5.41, 5.74) is -1.07. The fourth-order valence-electron chi connectivity index (χ4n) is 2.67. The Morgan fingerprint density at radius 1 is 1.23 bits per heavy atom. The zero-order valence-corrected chi connectivity index (χ0v) is 13.4. The number of carboxylic acids is 1. The lowest BCUT2D eigenvalue weighted by atomic mass is 9.81. The average Bonchev–Trinajstić information content (AvgIpc) is 2.54. The summed E-state index contributed by atoms with van der Waals surface area (Å²) in [7, 11) is 1.60. The maximum Gasteiger partial charge on any atom is 0.329 e. The minimum atomic E-state index is -1.07. The number of ether oxygens (including phenoxy) is 1. The minimum Gasteiger partial charge on any atom is -0.497 e. The second-order valence-electron chi connectivity index (χ2n) is 5.46. The van der Waals surface area contributed by atoms with Gasteiger partial charge in [0, 0.05) is 4.90 Å². The molecule has 0 atom stereocenters. The number of methoxy groups -OCH3 is 1. The zero-order valence-electron chi connectivity index (χ0n) is 12.6. The molecular weight excluding hydrogens is 302 g/mol. The van der Waals surface area contributed by atoms with E-state index in [1.165, 1.54) is 11.8 Å². The van der Waals surface area contributed by atoms with Gasteiger partial charge in [0.05, 0.1) is 12.9 Å². The van der Waals surface area contributed by atoms with E-state index in [0.717, 1.165) is 29.9 Å². The molecule has 22 heavy (non-hydrogen) atoms. The van der Waals surface area contributed by atoms with E-state index >= 15 is 0 Å². The van der Waals surface area contributed by atoms with Crippen LogP contribution in [0.3, 0.4) is 0 Å². The van der Waals surface area contributed by atoms with Gasteiger partial charge in [0.1, 0.15) is 11.3 Å². The maximum absolute atomic E-state index is 12.1. The van der Waals surface area contributed by atoms with Crippen molar-refractivity contribution in [2.24, 2.45) is 0 Å². The van der Waals surface area contributed by atoms with Crippen molar-refractivity contribution in [3.63, 3.8) is 0 Å². The van der Waals surface area contributed by atoms with E-state index in [1.54, 1.807) is 7.11 Å². The highest BCUT2D eigenvalue weighted by molar-refractivity contribution is 8.00. The molecule has 1 aliphatic carbocycles. The molecule has 0 bridgehead atoms. The lowest BCUT2D eigenvalue weighted by Crippen LogP contribution is -2.56. The highest BCUT2D eigenvalue weighted by Crippen LogP contribution is 2.29. The first-order valence-corrected chi connectivity index (χ1v) is 8.35. The third kappa shape index (κ3) is 4.16. The van der Waals surface area contributed by atoms with Crippen LogP contribution in [-0.4, -0.2) is 35.4 Å². The molecule has 2 rings (SSSR count). The third-order valence-corrected chi connectivity index (χ3v) is 4.94. The van der Waals surface area contributed by atoms with Gasteiger partial charge >= 0.3 is 5.97 Å². The van der Waals surface area contributed by atoms with Crippen LogP contribution >= 0.6 is 11.8 Å². The Labute approximate surface area is 134 Å². The third-order valence-electron chi connectivity index (χ3n) is 3.92. The van der Waals surface area contributed by atoms with E-state index in [1.807, 2.05) is 24.3 Å². The molecule has 120 valence electrons. The SMILES string of the molecule is COc1ccc(SCC(=O)NC2(C(=O)O)CCCCC2)cc1. The van der Waals surface area contributed by atoms with Crippen LogP contribution in [0.25, 0.3) is 0 Å². The highest BCUT2D eigenvalue weighted by Gasteiger charge is 2.40. The summed E-state index contributed by atoms with van der Waals surface area (Å²) in [5.74, 6) is -0.178. The molecule has 2 N–H and O–H groups in total. The van der Waals surface area contributed by atoms with Gasteiger partial charge in [-0.15, -0.1) is 11.8 Å². The van der Waals surface area contributed by atoms with Gasteiger partial charge in [-0.05, 0) is 37.1 Å². The Kier molecular flexibility index (Phi) is 5.71. The van der Waals surface area contributed by atoms with Crippen LogP contribution in [0.15, 0.2) is 29.2 Å². The van der Waals surface area contributed by atoms with E-state index in [2.05, 4.69) is 5.32 Å². The van der Waals surface area contributed by atoms with Crippen molar-refractivity contribution in [3.8, 4) is 5.75 Å². The van der Waals surface area contributed by atoms with Crippen molar-refractivity contribution in [1.82, 2.24) is 5.32 Å². The molecule has 1 fully saturated rings. The van der Waals surface area contributed by atoms with E-state index < -0.39 is 11.5 Å². The first kappa shape index (κ1) is 16.7. The summed E-state index contributed by atoms with van der Waals surface area (Å²) >= 11 is 1.39. The number of carbonyl (C=O) groups is 2. The zero-order chi connectivity index (χ0) is 16.0. The predicted octanol–water partition coefficient (Wildman–Crippen LogP) is 2.69. The Morgan fingerprint density at radius 2 is 1.86 bits per heavy atom. The first-order valence-electron chi connectivity index (χ1n) is 7.37. The van der Waals surface area contributed by atoms with Crippen molar-refractivity contribution in [2.75, 3.05) is 12.9 Å². The van der Waals surface area contributed by atoms with Crippen LogP contribution in [-0.2, 0) is 9.59 Å². The number of benzene rings is 1. The van der Waals surface area contributed by atoms with Gasteiger partial charge in [0.2, 0.25) is 5.91 Å². The molecule has 6 heteroatoms. The van der Waals surface area contributed by atoms with Gasteiger partial charge in [-0.2, -0.15) is 0 Å². The van der Waals surface area contributed by atoms with Gasteiger partial charge in [0.15, 0.2) is 0 Å². The van der Waals surface area contributed by atoms with E-state index in [9.17, 15) is 14.7 Å². The summed E-state index contributed by atoms with van der Waals surface area (Å²) in [6, 6.07) is 7.43. The van der Waals surface area contributed by atoms with Gasteiger partial charge in [-0.25, -0.2) is 4.79 Å². The number of amides is 1. The standard InChI is InChI=1S/C16H21NO4S/c1-21-12-5-7-13(8-6-12)22-11-14(18)17-16(15(19)20)9-3-2-4-10-16/h5-8H,2-4,9-11H2,1H3,(H,17,18)(H,19,20). The molecule has 1 aromatic rings. The number of rotatable bonds is 6. The topological polar surface area (TPSA) is 75.6 Å². The number of thioether (sulfide) groups is 1. The van der Waals surface area contributed by atoms with Crippen LogP contribution < -0.4 is 10.1 Å². The lowest BCUT2D eigenvalue weighted by molar-refractivity contribution is -0.148. The summed E-state index contributed by atoms with van der Waals surface area (Å²) in [6.07, 6.45) is 3.75. The molecule has 0 spiro atoms. The number of carbonyl (C=O) groups excluding carboxylic acids is 1. The molecule has 0 heterocycles. The number of nitrogens with one attached hydrogen (secondary N) is 1. The molecular formula is C16H21NO4S. The summed E-state index contributed by atoms with van der Waals surface area (Å²) in [6.45, 7) is 0. The Balaban J connectivity index is 1.89. The monoisotopic (exact) mass is 323 g/mol. The first-order chi connectivity index (χ1) is 10.6. The van der Waals surface area contributed by atoms with E-state index in [4.69, 9.17) is 4.74 Å². The summed E-state index contributed by atoms with van der Waals surface area (Å²) in [5, 5.41) is 12.2. The Hall–Kier alpha value is -1.69. The highest BCUT2D eigenvalue weighted by atomic mass is 32.2. The lowest BCUT2D eigenvalue weighted by Gasteiger charge is -2.33. The Morgan fingerprint density at radius 3 is 2.41 bits per heavy atom.